The van der Waals surface area contributed by atoms with Gasteiger partial charge in [-0.2, -0.15) is 5.10 Å². The molecule has 0 bridgehead atoms. The second-order valence-corrected chi connectivity index (χ2v) is 5.30. The maximum Gasteiger partial charge on any atom is 0.0641 e. The Morgan fingerprint density at radius 2 is 1.79 bits per heavy atom. The van der Waals surface area contributed by atoms with E-state index < -0.39 is 0 Å². The molecule has 3 nitrogen and oxygen atoms in total. The Kier molecular flexibility index (Phi) is 4.05. The third-order valence-corrected chi connectivity index (χ3v) is 3.86. The lowest BCUT2D eigenvalue weighted by atomic mass is 10.1. The van der Waals surface area contributed by atoms with Crippen LogP contribution in [0.5, 0.6) is 0 Å². The van der Waals surface area contributed by atoms with Gasteiger partial charge in [-0.25, -0.2) is 0 Å². The van der Waals surface area contributed by atoms with Crippen molar-refractivity contribution in [3.05, 3.63) is 51.8 Å². The first-order valence-corrected chi connectivity index (χ1v) is 6.75. The zero-order valence-corrected chi connectivity index (χ0v) is 12.5. The number of hydrogen-bond acceptors (Lipinski definition) is 2. The fourth-order valence-electron chi connectivity index (χ4n) is 2.32. The van der Waals surface area contributed by atoms with Crippen LogP contribution in [0.15, 0.2) is 18.2 Å². The third kappa shape index (κ3) is 3.04. The van der Waals surface area contributed by atoms with E-state index in [-0.39, 0.29) is 0 Å². The van der Waals surface area contributed by atoms with E-state index >= 15 is 0 Å². The zero-order chi connectivity index (χ0) is 14.0. The quantitative estimate of drug-likeness (QED) is 0.912. The number of aryl methyl sites for hydroxylation is 4. The average molecular weight is 257 g/mol. The van der Waals surface area contributed by atoms with E-state index in [9.17, 15) is 0 Å². The number of aromatic nitrogens is 2. The summed E-state index contributed by atoms with van der Waals surface area (Å²) in [5.41, 5.74) is 7.71. The first-order chi connectivity index (χ1) is 8.99. The van der Waals surface area contributed by atoms with Crippen molar-refractivity contribution in [3.8, 4) is 0 Å². The van der Waals surface area contributed by atoms with Crippen LogP contribution in [0.4, 0.5) is 0 Å². The van der Waals surface area contributed by atoms with E-state index in [0.29, 0.717) is 0 Å². The summed E-state index contributed by atoms with van der Waals surface area (Å²) in [4.78, 5) is 0. The van der Waals surface area contributed by atoms with Crippen molar-refractivity contribution < 1.29 is 0 Å². The smallest absolute Gasteiger partial charge is 0.0641 e. The largest absolute Gasteiger partial charge is 0.308 e. The van der Waals surface area contributed by atoms with Crippen LogP contribution in [0, 0.1) is 27.7 Å². The van der Waals surface area contributed by atoms with Crippen molar-refractivity contribution in [2.75, 3.05) is 0 Å². The molecule has 2 rings (SSSR count). The molecule has 0 saturated heterocycles. The molecule has 0 saturated carbocycles. The Morgan fingerprint density at radius 3 is 2.37 bits per heavy atom. The summed E-state index contributed by atoms with van der Waals surface area (Å²) in [5.74, 6) is 0. The van der Waals surface area contributed by atoms with E-state index in [2.05, 4.69) is 56.3 Å². The van der Waals surface area contributed by atoms with Gasteiger partial charge in [0.15, 0.2) is 0 Å². The van der Waals surface area contributed by atoms with Crippen molar-refractivity contribution in [3.63, 3.8) is 0 Å². The summed E-state index contributed by atoms with van der Waals surface area (Å²) in [6, 6.07) is 6.64. The minimum Gasteiger partial charge on any atom is -0.308 e. The molecule has 3 heteroatoms. The van der Waals surface area contributed by atoms with Gasteiger partial charge in [-0.05, 0) is 44.4 Å². The molecule has 102 valence electrons. The Labute approximate surface area is 115 Å². The highest BCUT2D eigenvalue weighted by Gasteiger charge is 2.08. The Balaban J connectivity index is 1.98. The molecule has 2 aromatic rings. The van der Waals surface area contributed by atoms with Crippen LogP contribution >= 0.6 is 0 Å². The maximum atomic E-state index is 4.44. The molecule has 19 heavy (non-hydrogen) atoms. The Bertz CT molecular complexity index is 582. The highest BCUT2D eigenvalue weighted by atomic mass is 15.3. The van der Waals surface area contributed by atoms with Crippen LogP contribution in [0.1, 0.15) is 33.6 Å². The van der Waals surface area contributed by atoms with Gasteiger partial charge in [0, 0.05) is 31.4 Å². The standard InChI is InChI=1S/C16H23N3/c1-11-6-7-15(8-12(11)2)9-17-10-16-13(3)18-19(5)14(16)4/h6-8,17H,9-10H2,1-5H3. The molecule has 0 fully saturated rings. The molecular weight excluding hydrogens is 234 g/mol. The average Bonchev–Trinajstić information content (AvgIpc) is 2.60. The summed E-state index contributed by atoms with van der Waals surface area (Å²) in [6.07, 6.45) is 0. The third-order valence-electron chi connectivity index (χ3n) is 3.86. The molecule has 0 spiro atoms. The molecule has 0 atom stereocenters. The summed E-state index contributed by atoms with van der Waals surface area (Å²) in [5, 5.41) is 7.94. The minimum atomic E-state index is 0.873. The van der Waals surface area contributed by atoms with Crippen molar-refractivity contribution in [1.29, 1.82) is 0 Å². The zero-order valence-electron chi connectivity index (χ0n) is 12.5. The van der Waals surface area contributed by atoms with Gasteiger partial charge in [0.1, 0.15) is 0 Å². The first kappa shape index (κ1) is 13.8. The van der Waals surface area contributed by atoms with Crippen molar-refractivity contribution in [1.82, 2.24) is 15.1 Å². The van der Waals surface area contributed by atoms with Gasteiger partial charge in [-0.15, -0.1) is 0 Å². The Morgan fingerprint density at radius 1 is 1.05 bits per heavy atom. The highest BCUT2D eigenvalue weighted by molar-refractivity contribution is 5.30. The number of benzene rings is 1. The SMILES string of the molecule is Cc1ccc(CNCc2c(C)nn(C)c2C)cc1C. The van der Waals surface area contributed by atoms with Crippen LogP contribution in [-0.4, -0.2) is 9.78 Å². The van der Waals surface area contributed by atoms with Crippen LogP contribution in [0.25, 0.3) is 0 Å². The lowest BCUT2D eigenvalue weighted by Crippen LogP contribution is -2.14. The predicted molar refractivity (Wildman–Crippen MR) is 79.1 cm³/mol. The molecule has 0 aliphatic heterocycles. The van der Waals surface area contributed by atoms with E-state index in [1.165, 1.54) is 27.9 Å². The molecule has 1 N–H and O–H groups in total. The first-order valence-electron chi connectivity index (χ1n) is 6.75. The monoisotopic (exact) mass is 257 g/mol. The van der Waals surface area contributed by atoms with Crippen molar-refractivity contribution in [2.24, 2.45) is 7.05 Å². The maximum absolute atomic E-state index is 4.44. The van der Waals surface area contributed by atoms with Crippen LogP contribution in [0.2, 0.25) is 0 Å². The Hall–Kier alpha value is -1.61. The number of nitrogens with one attached hydrogen (secondary N) is 1. The number of rotatable bonds is 4. The summed E-state index contributed by atoms with van der Waals surface area (Å²) < 4.78 is 1.95. The number of nitrogens with zero attached hydrogens (tertiary/aromatic N) is 2. The van der Waals surface area contributed by atoms with Crippen LogP contribution in [0.3, 0.4) is 0 Å². The molecule has 0 amide bonds. The topological polar surface area (TPSA) is 29.9 Å². The molecular formula is C16H23N3. The normalized spacial score (nSPS) is 11.0. The van der Waals surface area contributed by atoms with Gasteiger partial charge in [0.05, 0.1) is 5.69 Å². The summed E-state index contributed by atoms with van der Waals surface area (Å²) >= 11 is 0. The molecule has 0 aliphatic rings. The van der Waals surface area contributed by atoms with Gasteiger partial charge in [0.2, 0.25) is 0 Å². The molecule has 1 heterocycles. The fraction of sp³-hybridized carbons (Fsp3) is 0.438. The van der Waals surface area contributed by atoms with Crippen molar-refractivity contribution in [2.45, 2.75) is 40.8 Å². The lowest BCUT2D eigenvalue weighted by Gasteiger charge is -2.08. The molecule has 1 aromatic heterocycles. The van der Waals surface area contributed by atoms with Gasteiger partial charge in [0.25, 0.3) is 0 Å². The van der Waals surface area contributed by atoms with Crippen LogP contribution < -0.4 is 5.32 Å². The molecule has 0 unspecified atom stereocenters. The molecule has 1 aromatic carbocycles. The van der Waals surface area contributed by atoms with Crippen molar-refractivity contribution >= 4 is 0 Å². The predicted octanol–water partition coefficient (Wildman–Crippen LogP) is 2.94. The lowest BCUT2D eigenvalue weighted by molar-refractivity contribution is 0.683. The van der Waals surface area contributed by atoms with E-state index in [0.717, 1.165) is 18.8 Å². The van der Waals surface area contributed by atoms with E-state index in [1.807, 2.05) is 11.7 Å². The summed E-state index contributed by atoms with van der Waals surface area (Å²) in [7, 11) is 2.00. The second kappa shape index (κ2) is 5.57. The molecule has 0 aliphatic carbocycles. The minimum absolute atomic E-state index is 0.873. The van der Waals surface area contributed by atoms with Gasteiger partial charge in [-0.3, -0.25) is 4.68 Å². The van der Waals surface area contributed by atoms with Crippen LogP contribution in [-0.2, 0) is 20.1 Å². The summed E-state index contributed by atoms with van der Waals surface area (Å²) in [6.45, 7) is 10.3. The van der Waals surface area contributed by atoms with Gasteiger partial charge >= 0.3 is 0 Å². The number of hydrogen-bond donors (Lipinski definition) is 1. The van der Waals surface area contributed by atoms with Gasteiger partial charge in [-0.1, -0.05) is 18.2 Å². The highest BCUT2D eigenvalue weighted by Crippen LogP contribution is 2.13. The second-order valence-electron chi connectivity index (χ2n) is 5.30. The van der Waals surface area contributed by atoms with Gasteiger partial charge < -0.3 is 5.32 Å². The fourth-order valence-corrected chi connectivity index (χ4v) is 2.32. The molecule has 0 radical (unpaired) electrons. The van der Waals surface area contributed by atoms with E-state index in [4.69, 9.17) is 0 Å². The van der Waals surface area contributed by atoms with E-state index in [1.54, 1.807) is 0 Å².